The first kappa shape index (κ1) is 25.0. The lowest BCUT2D eigenvalue weighted by Crippen LogP contribution is -2.39. The lowest BCUT2D eigenvalue weighted by atomic mass is 9.81. The van der Waals surface area contributed by atoms with Gasteiger partial charge in [0.05, 0.1) is 12.0 Å². The normalized spacial score (nSPS) is 20.1. The number of nitrogens with zero attached hydrogens (tertiary/aromatic N) is 1. The molecule has 4 aliphatic heterocycles. The van der Waals surface area contributed by atoms with Gasteiger partial charge in [-0.05, 0) is 77.2 Å². The fourth-order valence-electron chi connectivity index (χ4n) is 5.90. The molecule has 1 saturated heterocycles. The van der Waals surface area contributed by atoms with Gasteiger partial charge in [-0.3, -0.25) is 19.8 Å². The summed E-state index contributed by atoms with van der Waals surface area (Å²) in [4.78, 5) is 27.0. The summed E-state index contributed by atoms with van der Waals surface area (Å²) in [6.45, 7) is 1.67. The molecule has 4 aliphatic rings. The molecular formula is C30H25FN2O6S. The first-order chi connectivity index (χ1) is 19.5. The van der Waals surface area contributed by atoms with Crippen LogP contribution in [0.5, 0.6) is 23.0 Å². The van der Waals surface area contributed by atoms with E-state index in [1.165, 1.54) is 17.2 Å². The molecule has 0 saturated carbocycles. The molecule has 0 bridgehead atoms. The zero-order valence-electron chi connectivity index (χ0n) is 21.6. The van der Waals surface area contributed by atoms with Crippen LogP contribution in [0.25, 0.3) is 6.08 Å². The molecule has 0 aromatic heterocycles. The highest BCUT2D eigenvalue weighted by Crippen LogP contribution is 2.48. The molecule has 0 radical (unpaired) electrons. The number of imide groups is 1. The predicted octanol–water partition coefficient (Wildman–Crippen LogP) is 5.12. The molecule has 1 fully saturated rings. The highest BCUT2D eigenvalue weighted by Gasteiger charge is 2.37. The van der Waals surface area contributed by atoms with E-state index in [0.717, 1.165) is 52.9 Å². The Bertz CT molecular complexity index is 1610. The van der Waals surface area contributed by atoms with E-state index < -0.39 is 11.1 Å². The molecule has 40 heavy (non-hydrogen) atoms. The molecule has 3 aromatic carbocycles. The number of carbonyl (C=O) groups is 2. The number of rotatable bonds is 5. The van der Waals surface area contributed by atoms with Gasteiger partial charge in [-0.2, -0.15) is 0 Å². The zero-order chi connectivity index (χ0) is 27.4. The first-order valence-corrected chi connectivity index (χ1v) is 13.8. The standard InChI is InChI=1S/C30H25FN2O6S/c1-36-26-9-18(10-27-29(34)32-30(35)40-27)19-11-23-20-12-25-24(38-15-39-25)8-16(20)6-7-33(23)13-21(19)28(26)37-14-17-4-2-3-5-22(17)31/h2-5,8-10,12,23H,6-7,11,13-15H2,1H3,(H,32,34,35)/b27-10-. The molecule has 10 heteroatoms. The second kappa shape index (κ2) is 9.87. The number of amides is 2. The number of fused-ring (bicyclic) bond motifs is 5. The third kappa shape index (κ3) is 4.28. The van der Waals surface area contributed by atoms with Crippen LogP contribution in [0.3, 0.4) is 0 Å². The molecule has 1 unspecified atom stereocenters. The van der Waals surface area contributed by atoms with Gasteiger partial charge in [-0.15, -0.1) is 0 Å². The fourth-order valence-corrected chi connectivity index (χ4v) is 6.57. The maximum Gasteiger partial charge on any atom is 0.290 e. The number of benzene rings is 3. The van der Waals surface area contributed by atoms with Crippen molar-refractivity contribution in [2.24, 2.45) is 0 Å². The molecule has 4 heterocycles. The quantitative estimate of drug-likeness (QED) is 0.431. The number of hydrogen-bond acceptors (Lipinski definition) is 8. The summed E-state index contributed by atoms with van der Waals surface area (Å²) in [6.07, 6.45) is 3.25. The monoisotopic (exact) mass is 560 g/mol. The number of halogens is 1. The van der Waals surface area contributed by atoms with Crippen LogP contribution in [-0.4, -0.2) is 36.5 Å². The van der Waals surface area contributed by atoms with E-state index in [0.29, 0.717) is 34.9 Å². The average Bonchev–Trinajstić information content (AvgIpc) is 3.55. The summed E-state index contributed by atoms with van der Waals surface area (Å²) >= 11 is 0.878. The van der Waals surface area contributed by atoms with E-state index in [2.05, 4.69) is 22.3 Å². The van der Waals surface area contributed by atoms with Gasteiger partial charge in [0.15, 0.2) is 23.0 Å². The molecule has 1 N–H and O–H groups in total. The molecule has 0 aliphatic carbocycles. The van der Waals surface area contributed by atoms with Crippen molar-refractivity contribution in [2.75, 3.05) is 20.4 Å². The van der Waals surface area contributed by atoms with E-state index >= 15 is 0 Å². The van der Waals surface area contributed by atoms with Gasteiger partial charge in [0.2, 0.25) is 6.79 Å². The van der Waals surface area contributed by atoms with Gasteiger partial charge in [0.1, 0.15) is 12.4 Å². The maximum absolute atomic E-state index is 14.4. The molecule has 1 atom stereocenters. The maximum atomic E-state index is 14.4. The van der Waals surface area contributed by atoms with Crippen molar-refractivity contribution in [1.29, 1.82) is 0 Å². The topological polar surface area (TPSA) is 86.3 Å². The Balaban J connectivity index is 1.33. The van der Waals surface area contributed by atoms with E-state index in [-0.39, 0.29) is 25.3 Å². The molecule has 2 amide bonds. The van der Waals surface area contributed by atoms with Crippen molar-refractivity contribution in [2.45, 2.75) is 32.0 Å². The highest BCUT2D eigenvalue weighted by atomic mass is 32.2. The predicted molar refractivity (Wildman–Crippen MR) is 146 cm³/mol. The minimum Gasteiger partial charge on any atom is -0.493 e. The van der Waals surface area contributed by atoms with Gasteiger partial charge < -0.3 is 18.9 Å². The van der Waals surface area contributed by atoms with Crippen LogP contribution in [-0.2, 0) is 30.8 Å². The second-order valence-corrected chi connectivity index (χ2v) is 11.0. The third-order valence-corrected chi connectivity index (χ3v) is 8.65. The Morgan fingerprint density at radius 1 is 1.15 bits per heavy atom. The molecule has 8 nitrogen and oxygen atoms in total. The average molecular weight is 561 g/mol. The molecule has 204 valence electrons. The number of methoxy groups -OCH3 is 1. The largest absolute Gasteiger partial charge is 0.493 e. The zero-order valence-corrected chi connectivity index (χ0v) is 22.4. The summed E-state index contributed by atoms with van der Waals surface area (Å²) in [5, 5.41) is 1.93. The van der Waals surface area contributed by atoms with Crippen molar-refractivity contribution in [3.63, 3.8) is 0 Å². The minimum atomic E-state index is -0.421. The Labute approximate surface area is 234 Å². The summed E-state index contributed by atoms with van der Waals surface area (Å²) in [6, 6.07) is 12.6. The first-order valence-electron chi connectivity index (χ1n) is 13.0. The van der Waals surface area contributed by atoms with Crippen LogP contribution in [0.15, 0.2) is 47.4 Å². The van der Waals surface area contributed by atoms with Crippen molar-refractivity contribution in [1.82, 2.24) is 10.2 Å². The van der Waals surface area contributed by atoms with Crippen LogP contribution in [0.4, 0.5) is 9.18 Å². The second-order valence-electron chi connectivity index (χ2n) is 10.0. The molecular weight excluding hydrogens is 535 g/mol. The number of thioether (sulfide) groups is 1. The number of ether oxygens (including phenoxy) is 4. The summed E-state index contributed by atoms with van der Waals surface area (Å²) in [5.74, 6) is 1.80. The number of carbonyl (C=O) groups excluding carboxylic acids is 2. The lowest BCUT2D eigenvalue weighted by Gasteiger charge is -2.42. The van der Waals surface area contributed by atoms with Crippen LogP contribution in [0, 0.1) is 5.82 Å². The summed E-state index contributed by atoms with van der Waals surface area (Å²) < 4.78 is 37.7. The van der Waals surface area contributed by atoms with Crippen LogP contribution in [0.2, 0.25) is 0 Å². The number of hydrogen-bond donors (Lipinski definition) is 1. The molecule has 3 aromatic rings. The van der Waals surface area contributed by atoms with Crippen molar-refractivity contribution in [3.8, 4) is 23.0 Å². The number of nitrogens with one attached hydrogen (secondary N) is 1. The van der Waals surface area contributed by atoms with Crippen LogP contribution in [0.1, 0.15) is 39.4 Å². The Hall–Kier alpha value is -4.02. The van der Waals surface area contributed by atoms with Gasteiger partial charge in [0, 0.05) is 30.3 Å². The van der Waals surface area contributed by atoms with Crippen molar-refractivity contribution < 1.29 is 32.9 Å². The Kier molecular flexibility index (Phi) is 6.16. The van der Waals surface area contributed by atoms with Crippen molar-refractivity contribution in [3.05, 3.63) is 86.6 Å². The van der Waals surface area contributed by atoms with Crippen LogP contribution < -0.4 is 24.3 Å². The molecule has 0 spiro atoms. The summed E-state index contributed by atoms with van der Waals surface area (Å²) in [7, 11) is 1.56. The fraction of sp³-hybridized carbons (Fsp3) is 0.267. The lowest BCUT2D eigenvalue weighted by molar-refractivity contribution is -0.115. The van der Waals surface area contributed by atoms with Gasteiger partial charge in [-0.1, -0.05) is 18.2 Å². The minimum absolute atomic E-state index is 0.0401. The van der Waals surface area contributed by atoms with E-state index in [4.69, 9.17) is 18.9 Å². The van der Waals surface area contributed by atoms with E-state index in [1.807, 2.05) is 6.07 Å². The smallest absolute Gasteiger partial charge is 0.290 e. The van der Waals surface area contributed by atoms with E-state index in [1.54, 1.807) is 31.4 Å². The highest BCUT2D eigenvalue weighted by molar-refractivity contribution is 8.18. The third-order valence-electron chi connectivity index (χ3n) is 7.84. The van der Waals surface area contributed by atoms with Gasteiger partial charge in [-0.25, -0.2) is 4.39 Å². The van der Waals surface area contributed by atoms with Gasteiger partial charge >= 0.3 is 0 Å². The van der Waals surface area contributed by atoms with Crippen molar-refractivity contribution >= 4 is 29.0 Å². The van der Waals surface area contributed by atoms with Gasteiger partial charge in [0.25, 0.3) is 11.1 Å². The van der Waals surface area contributed by atoms with E-state index in [9.17, 15) is 14.0 Å². The Morgan fingerprint density at radius 2 is 1.98 bits per heavy atom. The van der Waals surface area contributed by atoms with Crippen LogP contribution >= 0.6 is 11.8 Å². The SMILES string of the molecule is COc1cc(/C=C2\SC(=O)NC2=O)c2c(c1OCc1ccccc1F)CN1CCc3cc4c(cc3C1C2)OCO4. The molecule has 7 rings (SSSR count). The Morgan fingerprint density at radius 3 is 2.75 bits per heavy atom. The summed E-state index contributed by atoms with van der Waals surface area (Å²) in [5.41, 5.74) is 5.57.